The number of phenols is 1. The van der Waals surface area contributed by atoms with E-state index in [1.807, 2.05) is 42.5 Å². The highest BCUT2D eigenvalue weighted by atomic mass is 79.9. The van der Waals surface area contributed by atoms with E-state index in [0.29, 0.717) is 0 Å². The highest BCUT2D eigenvalue weighted by Crippen LogP contribution is 2.21. The van der Waals surface area contributed by atoms with Crippen LogP contribution in [0.5, 0.6) is 5.75 Å². The van der Waals surface area contributed by atoms with Crippen LogP contribution < -0.4 is 0 Å². The lowest BCUT2D eigenvalue weighted by Crippen LogP contribution is -1.64. The summed E-state index contributed by atoms with van der Waals surface area (Å²) in [5.74, 6) is 0.285. The zero-order valence-electron chi connectivity index (χ0n) is 9.05. The van der Waals surface area contributed by atoms with Crippen LogP contribution in [0.4, 0.5) is 0 Å². The minimum atomic E-state index is 0.285. The first kappa shape index (κ1) is 13.8. The van der Waals surface area contributed by atoms with Gasteiger partial charge in [0.15, 0.2) is 0 Å². The van der Waals surface area contributed by atoms with Crippen molar-refractivity contribution in [3.8, 4) is 5.75 Å². The second-order valence-electron chi connectivity index (χ2n) is 3.15. The molecule has 0 unspecified atom stereocenters. The number of benzene rings is 2. The second-order valence-corrected chi connectivity index (χ2v) is 4.26. The minimum absolute atomic E-state index is 0.285. The van der Waals surface area contributed by atoms with Gasteiger partial charge in [0.25, 0.3) is 0 Å². The lowest BCUT2D eigenvalue weighted by atomic mass is 10.2. The Morgan fingerprint density at radius 1 is 0.941 bits per heavy atom. The molecule has 0 aliphatic heterocycles. The molecule has 2 aromatic carbocycles. The molecular formula is C14H12BrClO. The van der Waals surface area contributed by atoms with Crippen molar-refractivity contribution in [3.63, 3.8) is 0 Å². The Balaban J connectivity index is 0.000000171. The lowest BCUT2D eigenvalue weighted by Gasteiger charge is -1.90. The molecule has 2 rings (SSSR count). The predicted molar refractivity (Wildman–Crippen MR) is 77.1 cm³/mol. The van der Waals surface area contributed by atoms with Gasteiger partial charge in [0.1, 0.15) is 5.75 Å². The fraction of sp³-hybridized carbons (Fsp3) is 0. The Kier molecular flexibility index (Phi) is 6.45. The van der Waals surface area contributed by atoms with Crippen LogP contribution in [0.1, 0.15) is 5.56 Å². The zero-order valence-corrected chi connectivity index (χ0v) is 11.4. The summed E-state index contributed by atoms with van der Waals surface area (Å²) in [6.45, 7) is 0. The number of aromatic hydroxyl groups is 1. The number of hydrogen-bond donors (Lipinski definition) is 1. The Morgan fingerprint density at radius 3 is 2.00 bits per heavy atom. The van der Waals surface area contributed by atoms with E-state index in [1.165, 1.54) is 5.54 Å². The van der Waals surface area contributed by atoms with Crippen LogP contribution in [-0.4, -0.2) is 5.11 Å². The van der Waals surface area contributed by atoms with Gasteiger partial charge in [0.2, 0.25) is 0 Å². The number of halogens is 2. The molecule has 0 bridgehead atoms. The molecule has 0 fully saturated rings. The molecule has 0 saturated heterocycles. The van der Waals surface area contributed by atoms with Gasteiger partial charge in [-0.1, -0.05) is 54.1 Å². The first-order chi connectivity index (χ1) is 8.24. The predicted octanol–water partition coefficient (Wildman–Crippen LogP) is 5.05. The maximum Gasteiger partial charge on any atom is 0.129 e. The Bertz CT molecular complexity index is 448. The summed E-state index contributed by atoms with van der Waals surface area (Å²) < 4.78 is 0.736. The zero-order chi connectivity index (χ0) is 12.5. The molecule has 0 atom stereocenters. The minimum Gasteiger partial charge on any atom is -0.507 e. The van der Waals surface area contributed by atoms with Gasteiger partial charge in [-0.05, 0) is 39.7 Å². The molecule has 0 amide bonds. The molecular weight excluding hydrogens is 300 g/mol. The molecule has 2 aromatic rings. The van der Waals surface area contributed by atoms with Gasteiger partial charge in [-0.25, -0.2) is 0 Å². The summed E-state index contributed by atoms with van der Waals surface area (Å²) in [5.41, 5.74) is 2.64. The van der Waals surface area contributed by atoms with Crippen LogP contribution in [0.2, 0.25) is 0 Å². The van der Waals surface area contributed by atoms with Crippen molar-refractivity contribution in [2.45, 2.75) is 0 Å². The van der Waals surface area contributed by atoms with Gasteiger partial charge < -0.3 is 5.11 Å². The monoisotopic (exact) mass is 310 g/mol. The number of phenolic OH excluding ortho intramolecular Hbond substituents is 1. The average molecular weight is 312 g/mol. The highest BCUT2D eigenvalue weighted by Gasteiger charge is 1.89. The van der Waals surface area contributed by atoms with Gasteiger partial charge in [-0.15, -0.1) is 0 Å². The van der Waals surface area contributed by atoms with Crippen LogP contribution >= 0.6 is 27.5 Å². The van der Waals surface area contributed by atoms with E-state index in [0.717, 1.165) is 10.0 Å². The fourth-order valence-corrected chi connectivity index (χ4v) is 1.52. The van der Waals surface area contributed by atoms with Crippen molar-refractivity contribution < 1.29 is 5.11 Å². The van der Waals surface area contributed by atoms with Crippen molar-refractivity contribution in [1.82, 2.24) is 0 Å². The second kappa shape index (κ2) is 7.93. The maximum atomic E-state index is 8.87. The van der Waals surface area contributed by atoms with Gasteiger partial charge in [-0.3, -0.25) is 0 Å². The summed E-state index contributed by atoms with van der Waals surface area (Å²) >= 11 is 8.50. The van der Waals surface area contributed by atoms with Crippen LogP contribution in [0.25, 0.3) is 6.08 Å². The third kappa shape index (κ3) is 5.57. The summed E-state index contributed by atoms with van der Waals surface area (Å²) in [6.07, 6.45) is 1.85. The molecule has 0 aliphatic rings. The fourth-order valence-electron chi connectivity index (χ4n) is 1.09. The van der Waals surface area contributed by atoms with E-state index >= 15 is 0 Å². The third-order valence-electron chi connectivity index (χ3n) is 1.91. The summed E-state index contributed by atoms with van der Waals surface area (Å²) in [7, 11) is 0. The lowest BCUT2D eigenvalue weighted by molar-refractivity contribution is 0.472. The molecule has 17 heavy (non-hydrogen) atoms. The molecule has 1 N–H and O–H groups in total. The SMILES string of the molecule is ClC=Cc1ccccc1.Oc1ccccc1Br. The van der Waals surface area contributed by atoms with E-state index < -0.39 is 0 Å². The molecule has 0 aromatic heterocycles. The van der Waals surface area contributed by atoms with E-state index in [1.54, 1.807) is 18.2 Å². The van der Waals surface area contributed by atoms with Crippen molar-refractivity contribution in [2.24, 2.45) is 0 Å². The van der Waals surface area contributed by atoms with Crippen molar-refractivity contribution in [3.05, 3.63) is 70.2 Å². The van der Waals surface area contributed by atoms with Crippen LogP contribution in [0.15, 0.2) is 64.6 Å². The molecule has 0 heterocycles. The van der Waals surface area contributed by atoms with E-state index in [-0.39, 0.29) is 5.75 Å². The summed E-state index contributed by atoms with van der Waals surface area (Å²) in [6, 6.07) is 17.0. The molecule has 0 spiro atoms. The molecule has 3 heteroatoms. The Hall–Kier alpha value is -1.25. The van der Waals surface area contributed by atoms with Gasteiger partial charge in [0, 0.05) is 5.54 Å². The largest absolute Gasteiger partial charge is 0.507 e. The van der Waals surface area contributed by atoms with E-state index in [9.17, 15) is 0 Å². The van der Waals surface area contributed by atoms with Crippen LogP contribution in [0.3, 0.4) is 0 Å². The first-order valence-electron chi connectivity index (χ1n) is 4.99. The highest BCUT2D eigenvalue weighted by molar-refractivity contribution is 9.10. The smallest absolute Gasteiger partial charge is 0.129 e. The molecule has 1 nitrogen and oxygen atoms in total. The van der Waals surface area contributed by atoms with Gasteiger partial charge >= 0.3 is 0 Å². The molecule has 88 valence electrons. The topological polar surface area (TPSA) is 20.2 Å². The maximum absolute atomic E-state index is 8.87. The van der Waals surface area contributed by atoms with Crippen LogP contribution in [0, 0.1) is 0 Å². The van der Waals surface area contributed by atoms with Crippen molar-refractivity contribution in [1.29, 1.82) is 0 Å². The average Bonchev–Trinajstić information content (AvgIpc) is 2.36. The number of rotatable bonds is 1. The van der Waals surface area contributed by atoms with E-state index in [2.05, 4.69) is 15.9 Å². The van der Waals surface area contributed by atoms with Gasteiger partial charge in [-0.2, -0.15) is 0 Å². The number of para-hydroxylation sites is 1. The summed E-state index contributed by atoms with van der Waals surface area (Å²) in [5, 5.41) is 8.87. The van der Waals surface area contributed by atoms with Crippen molar-refractivity contribution >= 4 is 33.6 Å². The Morgan fingerprint density at radius 2 is 1.53 bits per heavy atom. The molecule has 0 radical (unpaired) electrons. The first-order valence-corrected chi connectivity index (χ1v) is 6.22. The van der Waals surface area contributed by atoms with Gasteiger partial charge in [0.05, 0.1) is 4.47 Å². The van der Waals surface area contributed by atoms with Crippen LogP contribution in [-0.2, 0) is 0 Å². The standard InChI is InChI=1S/C8H7Cl.C6H5BrO/c9-7-6-8-4-2-1-3-5-8;7-5-3-1-2-4-6(5)8/h1-7H;1-4,8H. The number of hydrogen-bond acceptors (Lipinski definition) is 1. The van der Waals surface area contributed by atoms with E-state index in [4.69, 9.17) is 16.7 Å². The van der Waals surface area contributed by atoms with Crippen molar-refractivity contribution in [2.75, 3.05) is 0 Å². The summed E-state index contributed by atoms with van der Waals surface area (Å²) in [4.78, 5) is 0. The Labute approximate surface area is 114 Å². The quantitative estimate of drug-likeness (QED) is 0.781. The third-order valence-corrected chi connectivity index (χ3v) is 2.70. The normalized spacial score (nSPS) is 9.76. The molecule has 0 aliphatic carbocycles. The molecule has 0 saturated carbocycles.